The van der Waals surface area contributed by atoms with Crippen LogP contribution in [0.1, 0.15) is 20.3 Å². The Balaban J connectivity index is 2.06. The van der Waals surface area contributed by atoms with Gasteiger partial charge in [0.05, 0.1) is 11.4 Å². The predicted octanol–water partition coefficient (Wildman–Crippen LogP) is 2.94. The second kappa shape index (κ2) is 3.91. The zero-order valence-electron chi connectivity index (χ0n) is 8.88. The molecule has 1 unspecified atom stereocenters. The van der Waals surface area contributed by atoms with Crippen molar-refractivity contribution in [2.75, 3.05) is 17.2 Å². The van der Waals surface area contributed by atoms with Gasteiger partial charge in [0, 0.05) is 12.6 Å². The van der Waals surface area contributed by atoms with Gasteiger partial charge in [-0.3, -0.25) is 0 Å². The fourth-order valence-electron chi connectivity index (χ4n) is 1.98. The minimum absolute atomic E-state index is 0.574. The van der Waals surface area contributed by atoms with Crippen molar-refractivity contribution in [1.29, 1.82) is 0 Å². The minimum atomic E-state index is 0.574. The van der Waals surface area contributed by atoms with E-state index in [2.05, 4.69) is 48.7 Å². The summed E-state index contributed by atoms with van der Waals surface area (Å²) in [5.41, 5.74) is 2.47. The quantitative estimate of drug-likeness (QED) is 0.749. The van der Waals surface area contributed by atoms with Crippen molar-refractivity contribution >= 4 is 11.4 Å². The highest BCUT2D eigenvalue weighted by molar-refractivity contribution is 5.70. The lowest BCUT2D eigenvalue weighted by Crippen LogP contribution is -2.33. The Morgan fingerprint density at radius 2 is 2.00 bits per heavy atom. The molecule has 2 heteroatoms. The number of nitrogens with one attached hydrogen (secondary N) is 2. The maximum absolute atomic E-state index is 3.57. The lowest BCUT2D eigenvalue weighted by molar-refractivity contribution is 0.525. The van der Waals surface area contributed by atoms with E-state index < -0.39 is 0 Å². The molecule has 1 aliphatic rings. The maximum atomic E-state index is 3.57. The van der Waals surface area contributed by atoms with Gasteiger partial charge in [0.2, 0.25) is 0 Å². The largest absolute Gasteiger partial charge is 0.381 e. The molecule has 0 aromatic heterocycles. The molecule has 1 aromatic rings. The molecule has 1 heterocycles. The van der Waals surface area contributed by atoms with Crippen molar-refractivity contribution in [2.24, 2.45) is 5.92 Å². The number of hydrogen-bond donors (Lipinski definition) is 2. The zero-order valence-corrected chi connectivity index (χ0v) is 8.88. The van der Waals surface area contributed by atoms with Gasteiger partial charge in [0.25, 0.3) is 0 Å². The van der Waals surface area contributed by atoms with Crippen LogP contribution in [0, 0.1) is 5.92 Å². The van der Waals surface area contributed by atoms with E-state index >= 15 is 0 Å². The third-order valence-electron chi connectivity index (χ3n) is 2.58. The molecule has 14 heavy (non-hydrogen) atoms. The monoisotopic (exact) mass is 190 g/mol. The summed E-state index contributed by atoms with van der Waals surface area (Å²) < 4.78 is 0. The van der Waals surface area contributed by atoms with E-state index in [0.717, 1.165) is 12.5 Å². The maximum Gasteiger partial charge on any atom is 0.0578 e. The van der Waals surface area contributed by atoms with Crippen LogP contribution in [-0.2, 0) is 0 Å². The van der Waals surface area contributed by atoms with Crippen LogP contribution < -0.4 is 10.6 Å². The fourth-order valence-corrected chi connectivity index (χ4v) is 1.98. The highest BCUT2D eigenvalue weighted by atomic mass is 15.1. The van der Waals surface area contributed by atoms with Crippen LogP contribution in [0.25, 0.3) is 0 Å². The van der Waals surface area contributed by atoms with Crippen LogP contribution in [0.15, 0.2) is 24.3 Å². The molecule has 2 rings (SSSR count). The summed E-state index contributed by atoms with van der Waals surface area (Å²) in [6, 6.07) is 8.97. The van der Waals surface area contributed by atoms with Crippen molar-refractivity contribution in [2.45, 2.75) is 26.3 Å². The Labute approximate surface area is 85.7 Å². The van der Waals surface area contributed by atoms with Crippen molar-refractivity contribution in [1.82, 2.24) is 0 Å². The van der Waals surface area contributed by atoms with Crippen molar-refractivity contribution < 1.29 is 0 Å². The van der Waals surface area contributed by atoms with E-state index in [1.165, 1.54) is 17.8 Å². The van der Waals surface area contributed by atoms with E-state index in [0.29, 0.717) is 6.04 Å². The molecule has 0 saturated heterocycles. The molecule has 0 fully saturated rings. The summed E-state index contributed by atoms with van der Waals surface area (Å²) in [7, 11) is 0. The molecule has 0 saturated carbocycles. The third-order valence-corrected chi connectivity index (χ3v) is 2.58. The van der Waals surface area contributed by atoms with Crippen LogP contribution in [0.5, 0.6) is 0 Å². The van der Waals surface area contributed by atoms with Gasteiger partial charge in [0.15, 0.2) is 0 Å². The van der Waals surface area contributed by atoms with E-state index in [4.69, 9.17) is 0 Å². The molecule has 1 aliphatic heterocycles. The van der Waals surface area contributed by atoms with Crippen molar-refractivity contribution in [3.8, 4) is 0 Å². The van der Waals surface area contributed by atoms with Gasteiger partial charge in [-0.05, 0) is 24.5 Å². The molecule has 1 aromatic carbocycles. The van der Waals surface area contributed by atoms with Crippen molar-refractivity contribution in [3.63, 3.8) is 0 Å². The van der Waals surface area contributed by atoms with E-state index in [1.807, 2.05) is 0 Å². The predicted molar refractivity (Wildman–Crippen MR) is 61.8 cm³/mol. The first-order valence-electron chi connectivity index (χ1n) is 5.35. The lowest BCUT2D eigenvalue weighted by atomic mass is 10.0. The molecule has 0 bridgehead atoms. The van der Waals surface area contributed by atoms with E-state index in [9.17, 15) is 0 Å². The van der Waals surface area contributed by atoms with Crippen LogP contribution in [0.3, 0.4) is 0 Å². The Bertz CT molecular complexity index is 307. The molecule has 0 radical (unpaired) electrons. The average Bonchev–Trinajstić information content (AvgIpc) is 2.17. The van der Waals surface area contributed by atoms with Crippen molar-refractivity contribution in [3.05, 3.63) is 24.3 Å². The zero-order chi connectivity index (χ0) is 9.97. The Kier molecular flexibility index (Phi) is 2.62. The van der Waals surface area contributed by atoms with Crippen LogP contribution in [0.2, 0.25) is 0 Å². The molecule has 2 nitrogen and oxygen atoms in total. The standard InChI is InChI=1S/C12H18N2/c1-9(2)7-10-8-13-11-5-3-4-6-12(11)14-10/h3-6,9-10,13-14H,7-8H2,1-2H3. The molecular weight excluding hydrogens is 172 g/mol. The molecule has 76 valence electrons. The number of hydrogen-bond acceptors (Lipinski definition) is 2. The van der Waals surface area contributed by atoms with Gasteiger partial charge in [-0.15, -0.1) is 0 Å². The van der Waals surface area contributed by atoms with E-state index in [1.54, 1.807) is 0 Å². The first-order chi connectivity index (χ1) is 6.75. The van der Waals surface area contributed by atoms with Crippen LogP contribution >= 0.6 is 0 Å². The summed E-state index contributed by atoms with van der Waals surface area (Å²) in [6.45, 7) is 5.57. The molecule has 1 atom stereocenters. The normalized spacial score (nSPS) is 19.8. The van der Waals surface area contributed by atoms with Gasteiger partial charge >= 0.3 is 0 Å². The van der Waals surface area contributed by atoms with Gasteiger partial charge in [-0.1, -0.05) is 26.0 Å². The van der Waals surface area contributed by atoms with Gasteiger partial charge in [-0.25, -0.2) is 0 Å². The highest BCUT2D eigenvalue weighted by Crippen LogP contribution is 2.26. The Morgan fingerprint density at radius 3 is 2.71 bits per heavy atom. The second-order valence-corrected chi connectivity index (χ2v) is 4.40. The summed E-state index contributed by atoms with van der Waals surface area (Å²) in [4.78, 5) is 0. The summed E-state index contributed by atoms with van der Waals surface area (Å²) in [5.74, 6) is 0.750. The number of fused-ring (bicyclic) bond motifs is 1. The number of rotatable bonds is 2. The summed E-state index contributed by atoms with van der Waals surface area (Å²) in [5, 5.41) is 7.02. The average molecular weight is 190 g/mol. The number of benzene rings is 1. The molecule has 0 aliphatic carbocycles. The van der Waals surface area contributed by atoms with Gasteiger partial charge < -0.3 is 10.6 Å². The first kappa shape index (κ1) is 9.38. The summed E-state index contributed by atoms with van der Waals surface area (Å²) in [6.07, 6.45) is 1.22. The Hall–Kier alpha value is -1.18. The molecule has 2 N–H and O–H groups in total. The highest BCUT2D eigenvalue weighted by Gasteiger charge is 2.16. The summed E-state index contributed by atoms with van der Waals surface area (Å²) >= 11 is 0. The van der Waals surface area contributed by atoms with E-state index in [-0.39, 0.29) is 0 Å². The lowest BCUT2D eigenvalue weighted by Gasteiger charge is -2.29. The van der Waals surface area contributed by atoms with Crippen LogP contribution in [0.4, 0.5) is 11.4 Å². The molecule has 0 spiro atoms. The number of anilines is 2. The first-order valence-corrected chi connectivity index (χ1v) is 5.35. The molecular formula is C12H18N2. The minimum Gasteiger partial charge on any atom is -0.381 e. The Morgan fingerprint density at radius 1 is 1.29 bits per heavy atom. The fraction of sp³-hybridized carbons (Fsp3) is 0.500. The third kappa shape index (κ3) is 2.00. The molecule has 0 amide bonds. The van der Waals surface area contributed by atoms with Crippen LogP contribution in [-0.4, -0.2) is 12.6 Å². The van der Waals surface area contributed by atoms with Gasteiger partial charge in [-0.2, -0.15) is 0 Å². The number of para-hydroxylation sites is 2. The SMILES string of the molecule is CC(C)CC1CNc2ccccc2N1. The smallest absolute Gasteiger partial charge is 0.0578 e. The second-order valence-electron chi connectivity index (χ2n) is 4.40. The van der Waals surface area contributed by atoms with Gasteiger partial charge in [0.1, 0.15) is 0 Å². The topological polar surface area (TPSA) is 24.1 Å².